The molecular formula is C30H27Cl2FN4O7S2. The molecule has 46 heavy (non-hydrogen) atoms. The summed E-state index contributed by atoms with van der Waals surface area (Å²) in [5, 5.41) is 7.87. The minimum Gasteiger partial charge on any atom is -0.458 e. The summed E-state index contributed by atoms with van der Waals surface area (Å²) in [6.07, 6.45) is 4.19. The third-order valence-electron chi connectivity index (χ3n) is 8.60. The molecule has 1 aliphatic carbocycles. The fourth-order valence-electron chi connectivity index (χ4n) is 6.38. The zero-order valence-electron chi connectivity index (χ0n) is 24.0. The van der Waals surface area contributed by atoms with E-state index in [0.29, 0.717) is 44.0 Å². The number of halogens is 3. The number of piperidine rings is 1. The number of fused-ring (bicyclic) bond motifs is 3. The van der Waals surface area contributed by atoms with Crippen LogP contribution in [0.4, 0.5) is 9.52 Å². The Labute approximate surface area is 276 Å². The minimum atomic E-state index is -4.25. The quantitative estimate of drug-likeness (QED) is 0.151. The number of hydrogen-bond donors (Lipinski definition) is 2. The van der Waals surface area contributed by atoms with Crippen molar-refractivity contribution in [2.75, 3.05) is 17.2 Å². The predicted molar refractivity (Wildman–Crippen MR) is 170 cm³/mol. The maximum atomic E-state index is 15.1. The SMILES string of the molecule is O=C(NCCS(=O)(=O)O)c1cc(F)c2nc(N3C4CCC3CC(OC(=O)c3c(-c5c(Cl)cccc5Cl)noc3C3CC3)C4)sc2c1. The lowest BCUT2D eigenvalue weighted by Gasteiger charge is -2.38. The molecule has 2 aromatic carbocycles. The Hall–Kier alpha value is -3.30. The zero-order chi connectivity index (χ0) is 32.3. The summed E-state index contributed by atoms with van der Waals surface area (Å²) in [6.45, 7) is -0.317. The van der Waals surface area contributed by atoms with Gasteiger partial charge in [-0.05, 0) is 49.9 Å². The molecule has 2 aliphatic heterocycles. The van der Waals surface area contributed by atoms with Crippen molar-refractivity contribution in [3.05, 3.63) is 63.1 Å². The van der Waals surface area contributed by atoms with Crippen LogP contribution in [0, 0.1) is 5.82 Å². The van der Waals surface area contributed by atoms with Gasteiger partial charge in [-0.15, -0.1) is 0 Å². The number of rotatable bonds is 9. The van der Waals surface area contributed by atoms with Crippen LogP contribution >= 0.6 is 34.5 Å². The first-order valence-corrected chi connectivity index (χ1v) is 17.9. The molecule has 4 aromatic rings. The Morgan fingerprint density at radius 3 is 2.48 bits per heavy atom. The van der Waals surface area contributed by atoms with Gasteiger partial charge in [0.2, 0.25) is 0 Å². The lowest BCUT2D eigenvalue weighted by Crippen LogP contribution is -2.46. The number of carbonyl (C=O) groups is 2. The normalized spacial score (nSPS) is 21.1. The van der Waals surface area contributed by atoms with E-state index in [0.717, 1.165) is 31.7 Å². The first-order valence-electron chi connectivity index (χ1n) is 14.7. The molecule has 3 aliphatic rings. The van der Waals surface area contributed by atoms with Gasteiger partial charge in [0.15, 0.2) is 16.7 Å². The second-order valence-electron chi connectivity index (χ2n) is 11.8. The molecule has 2 N–H and O–H groups in total. The number of esters is 1. The van der Waals surface area contributed by atoms with Gasteiger partial charge in [-0.3, -0.25) is 9.35 Å². The Bertz CT molecular complexity index is 1950. The molecule has 0 radical (unpaired) electrons. The average Bonchev–Trinajstić information content (AvgIpc) is 3.49. The number of amides is 1. The standard InChI is InChI=1S/C30H27Cl2FN4O7S2/c31-19-2-1-3-20(32)23(19)26-24(27(44-36-26)14-4-5-14)29(39)43-18-12-16-6-7-17(13-18)37(16)30-35-25-21(33)10-15(11-22(25)45-30)28(38)34-8-9-46(40,41)42/h1-3,10-11,14,16-18H,4-9,12-13H2,(H,34,38)(H,40,41,42). The van der Waals surface area contributed by atoms with Gasteiger partial charge in [0, 0.05) is 48.5 Å². The molecule has 242 valence electrons. The number of thiazole rings is 1. The lowest BCUT2D eigenvalue weighted by atomic mass is 9.99. The third-order valence-corrected chi connectivity index (χ3v) is 11.0. The topological polar surface area (TPSA) is 152 Å². The molecule has 2 saturated heterocycles. The highest BCUT2D eigenvalue weighted by Crippen LogP contribution is 2.47. The summed E-state index contributed by atoms with van der Waals surface area (Å²) in [4.78, 5) is 33.0. The molecule has 0 spiro atoms. The van der Waals surface area contributed by atoms with Gasteiger partial charge in [-0.1, -0.05) is 45.8 Å². The highest BCUT2D eigenvalue weighted by atomic mass is 35.5. The molecular weight excluding hydrogens is 682 g/mol. The van der Waals surface area contributed by atoms with Crippen molar-refractivity contribution in [1.29, 1.82) is 0 Å². The van der Waals surface area contributed by atoms with Gasteiger partial charge in [0.1, 0.15) is 22.9 Å². The van der Waals surface area contributed by atoms with Crippen LogP contribution in [-0.4, -0.2) is 65.5 Å². The van der Waals surface area contributed by atoms with E-state index in [1.165, 1.54) is 17.4 Å². The van der Waals surface area contributed by atoms with Crippen LogP contribution in [0.3, 0.4) is 0 Å². The number of anilines is 1. The maximum absolute atomic E-state index is 15.1. The number of carbonyl (C=O) groups excluding carboxylic acids is 2. The van der Waals surface area contributed by atoms with Crippen molar-refractivity contribution in [2.24, 2.45) is 0 Å². The van der Waals surface area contributed by atoms with Crippen LogP contribution in [-0.2, 0) is 14.9 Å². The Kier molecular flexibility index (Phi) is 8.20. The van der Waals surface area contributed by atoms with Crippen LogP contribution in [0.2, 0.25) is 10.0 Å². The lowest BCUT2D eigenvalue weighted by molar-refractivity contribution is 0.0202. The first-order chi connectivity index (χ1) is 22.0. The van der Waals surface area contributed by atoms with Gasteiger partial charge in [0.05, 0.1) is 20.5 Å². The summed E-state index contributed by atoms with van der Waals surface area (Å²) < 4.78 is 58.0. The third kappa shape index (κ3) is 6.08. The van der Waals surface area contributed by atoms with Crippen LogP contribution in [0.15, 0.2) is 34.9 Å². The van der Waals surface area contributed by atoms with E-state index < -0.39 is 33.6 Å². The molecule has 16 heteroatoms. The average molecular weight is 710 g/mol. The van der Waals surface area contributed by atoms with Gasteiger partial charge in [-0.2, -0.15) is 8.42 Å². The molecule has 1 saturated carbocycles. The number of aromatic nitrogens is 2. The first kappa shape index (κ1) is 31.3. The minimum absolute atomic E-state index is 0.00577. The molecule has 2 bridgehead atoms. The summed E-state index contributed by atoms with van der Waals surface area (Å²) >= 11 is 14.2. The van der Waals surface area contributed by atoms with Crippen molar-refractivity contribution in [3.8, 4) is 11.3 Å². The van der Waals surface area contributed by atoms with E-state index in [1.807, 2.05) is 0 Å². The monoisotopic (exact) mass is 708 g/mol. The number of ether oxygens (including phenoxy) is 1. The Morgan fingerprint density at radius 1 is 1.13 bits per heavy atom. The van der Waals surface area contributed by atoms with Crippen molar-refractivity contribution in [1.82, 2.24) is 15.5 Å². The molecule has 2 aromatic heterocycles. The highest BCUT2D eigenvalue weighted by molar-refractivity contribution is 7.85. The molecule has 11 nitrogen and oxygen atoms in total. The van der Waals surface area contributed by atoms with Gasteiger partial charge in [0.25, 0.3) is 16.0 Å². The summed E-state index contributed by atoms with van der Waals surface area (Å²) in [7, 11) is -4.25. The summed E-state index contributed by atoms with van der Waals surface area (Å²) in [5.41, 5.74) is 1.09. The Balaban J connectivity index is 1.08. The zero-order valence-corrected chi connectivity index (χ0v) is 27.2. The number of nitrogens with one attached hydrogen (secondary N) is 1. The van der Waals surface area contributed by atoms with Crippen LogP contribution in [0.25, 0.3) is 21.5 Å². The molecule has 3 fully saturated rings. The van der Waals surface area contributed by atoms with Gasteiger partial charge in [-0.25, -0.2) is 14.2 Å². The Morgan fingerprint density at radius 2 is 1.83 bits per heavy atom. The van der Waals surface area contributed by atoms with E-state index in [1.54, 1.807) is 18.2 Å². The van der Waals surface area contributed by atoms with E-state index in [2.05, 4.69) is 20.4 Å². The molecule has 2 unspecified atom stereocenters. The molecule has 4 heterocycles. The second-order valence-corrected chi connectivity index (χ2v) is 15.2. The van der Waals surface area contributed by atoms with Crippen molar-refractivity contribution >= 4 is 71.9 Å². The molecule has 2 atom stereocenters. The molecule has 7 rings (SSSR count). The van der Waals surface area contributed by atoms with Crippen molar-refractivity contribution in [2.45, 2.75) is 62.6 Å². The number of nitrogens with zero attached hydrogens (tertiary/aromatic N) is 3. The number of hydrogen-bond acceptors (Lipinski definition) is 10. The smallest absolute Gasteiger partial charge is 0.344 e. The highest BCUT2D eigenvalue weighted by Gasteiger charge is 2.45. The van der Waals surface area contributed by atoms with Crippen LogP contribution in [0.5, 0.6) is 0 Å². The predicted octanol–water partition coefficient (Wildman–Crippen LogP) is 6.25. The van der Waals surface area contributed by atoms with E-state index in [9.17, 15) is 18.0 Å². The van der Waals surface area contributed by atoms with Crippen molar-refractivity contribution in [3.63, 3.8) is 0 Å². The molecule has 1 amide bonds. The van der Waals surface area contributed by atoms with Gasteiger partial charge < -0.3 is 19.5 Å². The van der Waals surface area contributed by atoms with E-state index in [-0.39, 0.29) is 53.0 Å². The van der Waals surface area contributed by atoms with Crippen molar-refractivity contribution < 1.29 is 36.2 Å². The van der Waals surface area contributed by atoms with Crippen LogP contribution < -0.4 is 10.2 Å². The summed E-state index contributed by atoms with van der Waals surface area (Å²) in [5.74, 6) is -1.95. The maximum Gasteiger partial charge on any atom is 0.344 e. The van der Waals surface area contributed by atoms with E-state index in [4.69, 9.17) is 37.0 Å². The number of benzene rings is 2. The second kappa shape index (κ2) is 12.1. The van der Waals surface area contributed by atoms with Gasteiger partial charge >= 0.3 is 5.97 Å². The van der Waals surface area contributed by atoms with E-state index >= 15 is 4.39 Å². The fourth-order valence-corrected chi connectivity index (χ4v) is 8.48. The summed E-state index contributed by atoms with van der Waals surface area (Å²) in [6, 6.07) is 7.64. The fraction of sp³-hybridized carbons (Fsp3) is 0.400. The van der Waals surface area contributed by atoms with Crippen LogP contribution in [0.1, 0.15) is 70.9 Å². The largest absolute Gasteiger partial charge is 0.458 e.